The molecular formula is C24H23ClO2. The lowest BCUT2D eigenvalue weighted by Gasteiger charge is -2.19. The number of hydrogen-bond acceptors (Lipinski definition) is 2. The molecule has 0 saturated heterocycles. The van der Waals surface area contributed by atoms with Crippen molar-refractivity contribution in [2.75, 3.05) is 13.2 Å². The molecule has 0 radical (unpaired) electrons. The number of allylic oxidation sites excluding steroid dienone is 1. The molecule has 0 fully saturated rings. The molecule has 1 unspecified atom stereocenters. The van der Waals surface area contributed by atoms with E-state index in [4.69, 9.17) is 21.4 Å². The second kappa shape index (κ2) is 9.40. The number of aliphatic hydroxyl groups excluding tert-OH is 1. The maximum absolute atomic E-state index is 8.93. The van der Waals surface area contributed by atoms with E-state index in [1.807, 2.05) is 67.6 Å². The van der Waals surface area contributed by atoms with E-state index >= 15 is 0 Å². The van der Waals surface area contributed by atoms with Crippen LogP contribution in [0.1, 0.15) is 23.6 Å². The molecule has 138 valence electrons. The second-order valence-electron chi connectivity index (χ2n) is 6.23. The highest BCUT2D eigenvalue weighted by atomic mass is 35.5. The fraction of sp³-hybridized carbons (Fsp3) is 0.167. The summed E-state index contributed by atoms with van der Waals surface area (Å²) < 4.78 is 5.50. The van der Waals surface area contributed by atoms with Crippen molar-refractivity contribution in [2.45, 2.75) is 12.3 Å². The standard InChI is InChI=1S/C24H23ClO2/c1-18(25)23(19-8-4-2-5-9-19)24(20-10-6-3-7-11-20)21-12-14-22(15-13-21)27-17-16-26/h2-15,18,26H,16-17H2,1H3. The van der Waals surface area contributed by atoms with Crippen LogP contribution in [0.15, 0.2) is 84.9 Å². The summed E-state index contributed by atoms with van der Waals surface area (Å²) in [6.07, 6.45) is 0. The topological polar surface area (TPSA) is 29.5 Å². The van der Waals surface area contributed by atoms with Gasteiger partial charge < -0.3 is 9.84 Å². The van der Waals surface area contributed by atoms with Crippen LogP contribution < -0.4 is 4.74 Å². The predicted molar refractivity (Wildman–Crippen MR) is 113 cm³/mol. The summed E-state index contributed by atoms with van der Waals surface area (Å²) in [7, 11) is 0. The number of alkyl halides is 1. The minimum Gasteiger partial charge on any atom is -0.491 e. The summed E-state index contributed by atoms with van der Waals surface area (Å²) in [5.74, 6) is 0.736. The third-order valence-corrected chi connectivity index (χ3v) is 4.54. The molecule has 0 aromatic heterocycles. The van der Waals surface area contributed by atoms with Crippen molar-refractivity contribution in [1.82, 2.24) is 0 Å². The van der Waals surface area contributed by atoms with Crippen molar-refractivity contribution in [3.05, 3.63) is 102 Å². The maximum atomic E-state index is 8.93. The van der Waals surface area contributed by atoms with Crippen LogP contribution in [0.25, 0.3) is 11.1 Å². The van der Waals surface area contributed by atoms with Gasteiger partial charge in [-0.25, -0.2) is 0 Å². The summed E-state index contributed by atoms with van der Waals surface area (Å²) in [5.41, 5.74) is 5.50. The van der Waals surface area contributed by atoms with Crippen LogP contribution in [-0.4, -0.2) is 23.7 Å². The Kier molecular flexibility index (Phi) is 6.69. The molecular weight excluding hydrogens is 356 g/mol. The first-order valence-corrected chi connectivity index (χ1v) is 9.47. The van der Waals surface area contributed by atoms with E-state index in [-0.39, 0.29) is 18.6 Å². The molecule has 0 bridgehead atoms. The predicted octanol–water partition coefficient (Wildman–Crippen LogP) is 5.64. The van der Waals surface area contributed by atoms with Crippen LogP contribution in [0, 0.1) is 0 Å². The zero-order valence-electron chi connectivity index (χ0n) is 15.3. The van der Waals surface area contributed by atoms with Crippen molar-refractivity contribution in [1.29, 1.82) is 0 Å². The van der Waals surface area contributed by atoms with Gasteiger partial charge in [0, 0.05) is 0 Å². The molecule has 0 amide bonds. The molecule has 0 aliphatic heterocycles. The van der Waals surface area contributed by atoms with Crippen LogP contribution in [0.5, 0.6) is 5.75 Å². The molecule has 3 aromatic carbocycles. The zero-order valence-corrected chi connectivity index (χ0v) is 16.1. The van der Waals surface area contributed by atoms with Gasteiger partial charge in [-0.2, -0.15) is 0 Å². The van der Waals surface area contributed by atoms with Gasteiger partial charge in [-0.3, -0.25) is 0 Å². The third kappa shape index (κ3) is 4.79. The van der Waals surface area contributed by atoms with Gasteiger partial charge in [-0.05, 0) is 46.9 Å². The normalized spacial score (nSPS) is 13.0. The zero-order chi connectivity index (χ0) is 19.1. The first-order chi connectivity index (χ1) is 13.2. The Labute approximate surface area is 165 Å². The summed E-state index contributed by atoms with van der Waals surface area (Å²) in [5, 5.41) is 8.77. The minimum atomic E-state index is -0.159. The van der Waals surface area contributed by atoms with Gasteiger partial charge in [0.1, 0.15) is 12.4 Å². The smallest absolute Gasteiger partial charge is 0.119 e. The Morgan fingerprint density at radius 3 is 1.85 bits per heavy atom. The Hall–Kier alpha value is -2.55. The van der Waals surface area contributed by atoms with Gasteiger partial charge in [0.05, 0.1) is 12.0 Å². The summed E-state index contributed by atoms with van der Waals surface area (Å²) >= 11 is 6.66. The van der Waals surface area contributed by atoms with Crippen LogP contribution in [0.4, 0.5) is 0 Å². The van der Waals surface area contributed by atoms with E-state index in [9.17, 15) is 0 Å². The van der Waals surface area contributed by atoms with Crippen molar-refractivity contribution in [3.63, 3.8) is 0 Å². The SMILES string of the molecule is CC(Cl)C(=C(c1ccccc1)c1ccc(OCCO)cc1)c1ccccc1. The van der Waals surface area contributed by atoms with Gasteiger partial charge in [-0.15, -0.1) is 11.6 Å². The highest BCUT2D eigenvalue weighted by Crippen LogP contribution is 2.36. The molecule has 0 aliphatic carbocycles. The second-order valence-corrected chi connectivity index (χ2v) is 6.89. The Balaban J connectivity index is 2.17. The Morgan fingerprint density at radius 2 is 1.33 bits per heavy atom. The number of halogens is 1. The first-order valence-electron chi connectivity index (χ1n) is 9.04. The van der Waals surface area contributed by atoms with E-state index in [1.54, 1.807) is 0 Å². The molecule has 27 heavy (non-hydrogen) atoms. The fourth-order valence-corrected chi connectivity index (χ4v) is 3.39. The van der Waals surface area contributed by atoms with Gasteiger partial charge >= 0.3 is 0 Å². The van der Waals surface area contributed by atoms with Crippen LogP contribution in [-0.2, 0) is 0 Å². The highest BCUT2D eigenvalue weighted by Gasteiger charge is 2.18. The molecule has 3 rings (SSSR count). The number of rotatable bonds is 7. The average molecular weight is 379 g/mol. The summed E-state index contributed by atoms with van der Waals surface area (Å²) in [6.45, 7) is 2.29. The largest absolute Gasteiger partial charge is 0.491 e. The summed E-state index contributed by atoms with van der Waals surface area (Å²) in [4.78, 5) is 0. The Bertz CT molecular complexity index is 869. The van der Waals surface area contributed by atoms with E-state index < -0.39 is 0 Å². The van der Waals surface area contributed by atoms with E-state index in [1.165, 1.54) is 0 Å². The van der Waals surface area contributed by atoms with Gasteiger partial charge in [-0.1, -0.05) is 72.8 Å². The third-order valence-electron chi connectivity index (χ3n) is 4.32. The van der Waals surface area contributed by atoms with Crippen LogP contribution >= 0.6 is 11.6 Å². The van der Waals surface area contributed by atoms with E-state index in [0.717, 1.165) is 33.6 Å². The van der Waals surface area contributed by atoms with E-state index in [2.05, 4.69) is 24.3 Å². The van der Waals surface area contributed by atoms with E-state index in [0.29, 0.717) is 0 Å². The molecule has 0 saturated carbocycles. The molecule has 3 heteroatoms. The van der Waals surface area contributed by atoms with Gasteiger partial charge in [0.2, 0.25) is 0 Å². The maximum Gasteiger partial charge on any atom is 0.119 e. The van der Waals surface area contributed by atoms with Crippen LogP contribution in [0.2, 0.25) is 0 Å². The molecule has 1 atom stereocenters. The lowest BCUT2D eigenvalue weighted by molar-refractivity contribution is 0.201. The molecule has 3 aromatic rings. The molecule has 0 heterocycles. The lowest BCUT2D eigenvalue weighted by atomic mass is 9.88. The molecule has 1 N–H and O–H groups in total. The van der Waals surface area contributed by atoms with Gasteiger partial charge in [0.25, 0.3) is 0 Å². The quantitative estimate of drug-likeness (QED) is 0.425. The minimum absolute atomic E-state index is 0.00115. The van der Waals surface area contributed by atoms with Crippen molar-refractivity contribution in [2.24, 2.45) is 0 Å². The van der Waals surface area contributed by atoms with Crippen molar-refractivity contribution in [3.8, 4) is 5.75 Å². The lowest BCUT2D eigenvalue weighted by Crippen LogP contribution is -2.04. The monoisotopic (exact) mass is 378 g/mol. The average Bonchev–Trinajstić information content (AvgIpc) is 2.72. The molecule has 2 nitrogen and oxygen atoms in total. The first kappa shape index (κ1) is 19.2. The summed E-state index contributed by atoms with van der Waals surface area (Å²) in [6, 6.07) is 28.5. The number of hydrogen-bond donors (Lipinski definition) is 1. The number of aliphatic hydroxyl groups is 1. The molecule has 0 aliphatic rings. The Morgan fingerprint density at radius 1 is 0.815 bits per heavy atom. The molecule has 0 spiro atoms. The highest BCUT2D eigenvalue weighted by molar-refractivity contribution is 6.28. The van der Waals surface area contributed by atoms with Crippen LogP contribution in [0.3, 0.4) is 0 Å². The van der Waals surface area contributed by atoms with Gasteiger partial charge in [0.15, 0.2) is 0 Å². The van der Waals surface area contributed by atoms with Crippen molar-refractivity contribution < 1.29 is 9.84 Å². The van der Waals surface area contributed by atoms with Crippen molar-refractivity contribution >= 4 is 22.7 Å². The number of ether oxygens (including phenoxy) is 1. The number of benzene rings is 3. The fourth-order valence-electron chi connectivity index (χ4n) is 3.15.